The van der Waals surface area contributed by atoms with Gasteiger partial charge in [0.1, 0.15) is 19.8 Å². The molecule has 2 unspecified atom stereocenters. The topological polar surface area (TPSA) is 111 Å². The first-order valence-electron chi connectivity index (χ1n) is 37.9. The van der Waals surface area contributed by atoms with Crippen LogP contribution in [0.3, 0.4) is 0 Å². The minimum atomic E-state index is -4.65. The third-order valence-electron chi connectivity index (χ3n) is 16.2. The van der Waals surface area contributed by atoms with Gasteiger partial charge in [0, 0.05) is 12.8 Å². The number of quaternary nitrogens is 1. The zero-order valence-electron chi connectivity index (χ0n) is 60.2. The molecule has 0 fully saturated rings. The van der Waals surface area contributed by atoms with Crippen molar-refractivity contribution in [2.45, 2.75) is 328 Å². The highest BCUT2D eigenvalue weighted by Gasteiger charge is 2.22. The highest BCUT2D eigenvalue weighted by molar-refractivity contribution is 7.45. The van der Waals surface area contributed by atoms with Crippen LogP contribution in [-0.2, 0) is 32.7 Å². The molecule has 0 aromatic heterocycles. The van der Waals surface area contributed by atoms with Gasteiger partial charge in [-0.3, -0.25) is 14.2 Å². The number of allylic oxidation sites excluding steroid dienone is 22. The Kier molecular flexibility index (Phi) is 68.5. The van der Waals surface area contributed by atoms with Crippen molar-refractivity contribution in [2.24, 2.45) is 0 Å². The summed E-state index contributed by atoms with van der Waals surface area (Å²) in [6, 6.07) is 0. The molecule has 10 heteroatoms. The first kappa shape index (κ1) is 88.2. The quantitative estimate of drug-likeness (QED) is 0.0195. The molecule has 528 valence electrons. The van der Waals surface area contributed by atoms with E-state index in [-0.39, 0.29) is 32.0 Å². The van der Waals surface area contributed by atoms with Gasteiger partial charge in [0.25, 0.3) is 7.82 Å². The molecule has 0 radical (unpaired) electrons. The Morgan fingerprint density at radius 2 is 0.587 bits per heavy atom. The van der Waals surface area contributed by atoms with Crippen LogP contribution in [-0.4, -0.2) is 70.0 Å². The van der Waals surface area contributed by atoms with Gasteiger partial charge in [-0.1, -0.05) is 334 Å². The van der Waals surface area contributed by atoms with Gasteiger partial charge in [0.05, 0.1) is 27.7 Å². The molecule has 0 rings (SSSR count). The number of hydrogen-bond acceptors (Lipinski definition) is 8. The maximum atomic E-state index is 12.9. The van der Waals surface area contributed by atoms with Crippen molar-refractivity contribution < 1.29 is 42.1 Å². The largest absolute Gasteiger partial charge is 0.756 e. The average molecular weight is 1300 g/mol. The summed E-state index contributed by atoms with van der Waals surface area (Å²) >= 11 is 0. The van der Waals surface area contributed by atoms with Crippen molar-refractivity contribution in [3.63, 3.8) is 0 Å². The maximum Gasteiger partial charge on any atom is 0.306 e. The highest BCUT2D eigenvalue weighted by atomic mass is 31.2. The number of nitrogens with zero attached hydrogens (tertiary/aromatic N) is 1. The van der Waals surface area contributed by atoms with Gasteiger partial charge in [0.2, 0.25) is 0 Å². The molecule has 0 N–H and O–H groups in total. The standard InChI is InChI=1S/C82H142NO8P/c1-6-8-10-12-14-16-18-20-22-24-26-28-30-32-34-35-36-37-38-39-40-41-42-43-44-45-46-47-49-51-53-55-57-59-61-63-65-67-69-71-73-75-82(85)91-80(79-90-92(86,87)89-77-76-83(3,4)5)78-88-81(84)74-72-70-68-66-64-62-60-58-56-54-52-50-48-33-31-29-27-25-23-21-19-17-15-13-11-9-7-2/h8-11,14-17,20-23,26-29,32,34,36-37,39-40,80H,6-7,12-13,18-19,24-25,30-31,33,35,38,41-79H2,1-5H3/b10-8-,11-9-,16-14-,17-15-,22-20-,23-21-,28-26-,29-27-,34-32-,37-36-,40-39-. The molecule has 0 aromatic rings. The lowest BCUT2D eigenvalue weighted by molar-refractivity contribution is -0.870. The van der Waals surface area contributed by atoms with Crippen molar-refractivity contribution in [1.82, 2.24) is 0 Å². The van der Waals surface area contributed by atoms with Crippen LogP contribution in [0.1, 0.15) is 322 Å². The summed E-state index contributed by atoms with van der Waals surface area (Å²) in [5, 5.41) is 0. The SMILES string of the molecule is CC/C=C\C/C=C\C/C=C\C/C=C\C/C=C\C/C=C\C/C=C\CCCCCCCCCCCCCCCCCCCCCC(=O)OC(COC(=O)CCCCCCCCCCCCCCCC/C=C\C/C=C\C/C=C\C/C=C\CC)COP(=O)([O-])OCC[N+](C)(C)C. The lowest BCUT2D eigenvalue weighted by Gasteiger charge is -2.28. The van der Waals surface area contributed by atoms with Crippen LogP contribution in [0.4, 0.5) is 0 Å². The summed E-state index contributed by atoms with van der Waals surface area (Å²) in [5.41, 5.74) is 0. The van der Waals surface area contributed by atoms with E-state index in [0.717, 1.165) is 109 Å². The fourth-order valence-corrected chi connectivity index (χ4v) is 11.2. The number of likely N-dealkylation sites (N-methyl/N-ethyl adjacent to an activating group) is 1. The normalized spacial score (nSPS) is 13.8. The molecular formula is C82H142NO8P. The Hall–Kier alpha value is -3.85. The van der Waals surface area contributed by atoms with Crippen LogP contribution in [0.25, 0.3) is 0 Å². The Bertz CT molecular complexity index is 2020. The van der Waals surface area contributed by atoms with Crippen LogP contribution in [0.5, 0.6) is 0 Å². The van der Waals surface area contributed by atoms with Crippen molar-refractivity contribution in [2.75, 3.05) is 47.5 Å². The third-order valence-corrected chi connectivity index (χ3v) is 17.1. The van der Waals surface area contributed by atoms with Gasteiger partial charge in [0.15, 0.2) is 6.10 Å². The van der Waals surface area contributed by atoms with Crippen LogP contribution in [0.2, 0.25) is 0 Å². The second-order valence-electron chi connectivity index (χ2n) is 26.3. The van der Waals surface area contributed by atoms with Gasteiger partial charge in [-0.25, -0.2) is 0 Å². The van der Waals surface area contributed by atoms with Crippen molar-refractivity contribution in [3.05, 3.63) is 134 Å². The maximum absolute atomic E-state index is 12.9. The number of phosphoric ester groups is 1. The van der Waals surface area contributed by atoms with E-state index in [2.05, 4.69) is 148 Å². The second kappa shape index (κ2) is 71.4. The number of esters is 2. The zero-order chi connectivity index (χ0) is 66.9. The van der Waals surface area contributed by atoms with Crippen LogP contribution in [0.15, 0.2) is 134 Å². The predicted molar refractivity (Wildman–Crippen MR) is 397 cm³/mol. The smallest absolute Gasteiger partial charge is 0.306 e. The van der Waals surface area contributed by atoms with E-state index in [4.69, 9.17) is 18.5 Å². The summed E-state index contributed by atoms with van der Waals surface area (Å²) in [4.78, 5) is 38.1. The number of carbonyl (C=O) groups is 2. The summed E-state index contributed by atoms with van der Waals surface area (Å²) in [5.74, 6) is -0.826. The number of hydrogen-bond donors (Lipinski definition) is 0. The molecule has 92 heavy (non-hydrogen) atoms. The molecule has 0 aromatic carbocycles. The monoisotopic (exact) mass is 1300 g/mol. The van der Waals surface area contributed by atoms with E-state index in [9.17, 15) is 19.0 Å². The fraction of sp³-hybridized carbons (Fsp3) is 0.707. The van der Waals surface area contributed by atoms with E-state index in [0.29, 0.717) is 17.4 Å². The minimum Gasteiger partial charge on any atom is -0.756 e. The Balaban J connectivity index is 3.98. The second-order valence-corrected chi connectivity index (χ2v) is 27.7. The molecule has 0 aliphatic rings. The number of phosphoric acid groups is 1. The molecule has 2 atom stereocenters. The Morgan fingerprint density at radius 3 is 0.870 bits per heavy atom. The number of unbranched alkanes of at least 4 members (excludes halogenated alkanes) is 33. The van der Waals surface area contributed by atoms with Gasteiger partial charge in [-0.2, -0.15) is 0 Å². The van der Waals surface area contributed by atoms with Crippen molar-refractivity contribution >= 4 is 19.8 Å². The third kappa shape index (κ3) is 75.2. The summed E-state index contributed by atoms with van der Waals surface area (Å²) < 4.78 is 34.4. The predicted octanol–water partition coefficient (Wildman–Crippen LogP) is 24.5. The van der Waals surface area contributed by atoms with Gasteiger partial charge >= 0.3 is 11.9 Å². The van der Waals surface area contributed by atoms with Gasteiger partial charge < -0.3 is 27.9 Å². The molecule has 0 aliphatic heterocycles. The molecule has 0 bridgehead atoms. The summed E-state index contributed by atoms with van der Waals surface area (Å²) in [6.45, 7) is 4.04. The molecule has 0 aliphatic carbocycles. The molecular weight excluding hydrogens is 1160 g/mol. The lowest BCUT2D eigenvalue weighted by atomic mass is 10.0. The number of rotatable bonds is 69. The molecule has 0 heterocycles. The van der Waals surface area contributed by atoms with Crippen LogP contribution >= 0.6 is 7.82 Å². The highest BCUT2D eigenvalue weighted by Crippen LogP contribution is 2.38. The van der Waals surface area contributed by atoms with E-state index in [1.165, 1.54) is 180 Å². The van der Waals surface area contributed by atoms with E-state index in [1.807, 2.05) is 21.1 Å². The zero-order valence-corrected chi connectivity index (χ0v) is 61.1. The Labute approximate surface area is 568 Å². The van der Waals surface area contributed by atoms with Crippen LogP contribution < -0.4 is 4.89 Å². The number of carbonyl (C=O) groups excluding carboxylic acids is 2. The minimum absolute atomic E-state index is 0.0338. The first-order chi connectivity index (χ1) is 45.0. The summed E-state index contributed by atoms with van der Waals surface area (Å²) in [7, 11) is 1.17. The molecule has 0 saturated carbocycles. The van der Waals surface area contributed by atoms with Crippen LogP contribution in [0, 0.1) is 0 Å². The molecule has 0 spiro atoms. The van der Waals surface area contributed by atoms with E-state index < -0.39 is 26.5 Å². The van der Waals surface area contributed by atoms with Crippen molar-refractivity contribution in [1.29, 1.82) is 0 Å². The van der Waals surface area contributed by atoms with Gasteiger partial charge in [-0.05, 0) is 109 Å². The van der Waals surface area contributed by atoms with Crippen molar-refractivity contribution in [3.8, 4) is 0 Å². The van der Waals surface area contributed by atoms with E-state index in [1.54, 1.807) is 0 Å². The molecule has 9 nitrogen and oxygen atoms in total. The lowest BCUT2D eigenvalue weighted by Crippen LogP contribution is -2.37. The van der Waals surface area contributed by atoms with E-state index >= 15 is 0 Å². The number of ether oxygens (including phenoxy) is 2. The fourth-order valence-electron chi connectivity index (χ4n) is 10.5. The van der Waals surface area contributed by atoms with Gasteiger partial charge in [-0.15, -0.1) is 0 Å². The first-order valence-corrected chi connectivity index (χ1v) is 39.4. The average Bonchev–Trinajstić information content (AvgIpc) is 2.23. The molecule has 0 amide bonds. The summed E-state index contributed by atoms with van der Waals surface area (Å²) in [6.07, 6.45) is 104. The Morgan fingerprint density at radius 1 is 0.337 bits per heavy atom. The molecule has 0 saturated heterocycles.